The van der Waals surface area contributed by atoms with E-state index in [-0.39, 0.29) is 0 Å². The second-order valence-electron chi connectivity index (χ2n) is 5.21. The number of piperidine rings is 1. The van der Waals surface area contributed by atoms with Crippen molar-refractivity contribution >= 4 is 0 Å². The summed E-state index contributed by atoms with van der Waals surface area (Å²) in [5.74, 6) is 0.747. The molecule has 1 rings (SSSR count). The van der Waals surface area contributed by atoms with Gasteiger partial charge in [0.05, 0.1) is 6.10 Å². The van der Waals surface area contributed by atoms with Gasteiger partial charge in [0.25, 0.3) is 0 Å². The minimum absolute atomic E-state index is 0.446. The van der Waals surface area contributed by atoms with Crippen LogP contribution in [0.15, 0.2) is 0 Å². The minimum atomic E-state index is 0.446. The third kappa shape index (κ3) is 4.06. The topological polar surface area (TPSA) is 21.3 Å². The fourth-order valence-corrected chi connectivity index (χ4v) is 2.54. The van der Waals surface area contributed by atoms with Gasteiger partial charge in [-0.25, -0.2) is 0 Å². The smallest absolute Gasteiger partial charge is 0.0728 e. The van der Waals surface area contributed by atoms with Gasteiger partial charge in [0.2, 0.25) is 0 Å². The first-order chi connectivity index (χ1) is 7.71. The molecule has 1 heterocycles. The Morgan fingerprint density at radius 2 is 1.88 bits per heavy atom. The van der Waals surface area contributed by atoms with Crippen LogP contribution in [0.1, 0.15) is 59.8 Å². The normalized spacial score (nSPS) is 30.9. The number of ether oxygens (including phenoxy) is 1. The average molecular weight is 227 g/mol. The van der Waals surface area contributed by atoms with E-state index in [9.17, 15) is 0 Å². The number of nitrogens with one attached hydrogen (secondary N) is 1. The van der Waals surface area contributed by atoms with E-state index in [4.69, 9.17) is 4.74 Å². The van der Waals surface area contributed by atoms with Gasteiger partial charge in [0, 0.05) is 18.7 Å². The van der Waals surface area contributed by atoms with E-state index in [1.54, 1.807) is 0 Å². The summed E-state index contributed by atoms with van der Waals surface area (Å²) in [6, 6.07) is 1.23. The van der Waals surface area contributed by atoms with Crippen molar-refractivity contribution in [3.63, 3.8) is 0 Å². The second kappa shape index (κ2) is 7.29. The monoisotopic (exact) mass is 227 g/mol. The summed E-state index contributed by atoms with van der Waals surface area (Å²) in [5, 5.41) is 3.65. The van der Waals surface area contributed by atoms with Crippen molar-refractivity contribution in [2.75, 3.05) is 6.61 Å². The van der Waals surface area contributed by atoms with Gasteiger partial charge in [-0.2, -0.15) is 0 Å². The SMILES string of the molecule is CCC(CC)COC1CCC(C)NC1CC. The lowest BCUT2D eigenvalue weighted by atomic mass is 9.94. The third-order valence-electron chi connectivity index (χ3n) is 3.97. The molecule has 1 aliphatic rings. The fourth-order valence-electron chi connectivity index (χ4n) is 2.54. The Bertz CT molecular complexity index is 180. The molecule has 0 spiro atoms. The number of rotatable bonds is 6. The Morgan fingerprint density at radius 3 is 2.44 bits per heavy atom. The van der Waals surface area contributed by atoms with Crippen molar-refractivity contribution in [2.45, 2.75) is 78.0 Å². The molecule has 2 heteroatoms. The Balaban J connectivity index is 2.34. The van der Waals surface area contributed by atoms with Crippen LogP contribution in [0.2, 0.25) is 0 Å². The van der Waals surface area contributed by atoms with Crippen LogP contribution in [-0.4, -0.2) is 24.8 Å². The molecular formula is C14H29NO. The van der Waals surface area contributed by atoms with Crippen LogP contribution in [0.4, 0.5) is 0 Å². The maximum Gasteiger partial charge on any atom is 0.0728 e. The van der Waals surface area contributed by atoms with Crippen LogP contribution in [0.25, 0.3) is 0 Å². The van der Waals surface area contributed by atoms with Gasteiger partial charge in [-0.3, -0.25) is 0 Å². The molecule has 1 fully saturated rings. The molecule has 0 aliphatic carbocycles. The van der Waals surface area contributed by atoms with Gasteiger partial charge in [-0.15, -0.1) is 0 Å². The van der Waals surface area contributed by atoms with E-state index < -0.39 is 0 Å². The molecule has 0 bridgehead atoms. The largest absolute Gasteiger partial charge is 0.376 e. The zero-order chi connectivity index (χ0) is 12.0. The molecule has 0 aromatic rings. The second-order valence-corrected chi connectivity index (χ2v) is 5.21. The molecule has 0 saturated carbocycles. The zero-order valence-corrected chi connectivity index (χ0v) is 11.5. The zero-order valence-electron chi connectivity index (χ0n) is 11.5. The lowest BCUT2D eigenvalue weighted by molar-refractivity contribution is -0.0182. The van der Waals surface area contributed by atoms with Crippen molar-refractivity contribution in [3.05, 3.63) is 0 Å². The Labute approximate surface area is 101 Å². The van der Waals surface area contributed by atoms with Crippen LogP contribution in [-0.2, 0) is 4.74 Å². The molecule has 0 aromatic heterocycles. The van der Waals surface area contributed by atoms with Gasteiger partial charge in [-0.1, -0.05) is 33.6 Å². The summed E-state index contributed by atoms with van der Waals surface area (Å²) in [4.78, 5) is 0. The van der Waals surface area contributed by atoms with Gasteiger partial charge in [0.1, 0.15) is 0 Å². The minimum Gasteiger partial charge on any atom is -0.376 e. The lowest BCUT2D eigenvalue weighted by Crippen LogP contribution is -2.50. The van der Waals surface area contributed by atoms with E-state index in [0.29, 0.717) is 18.2 Å². The molecule has 16 heavy (non-hydrogen) atoms. The predicted molar refractivity (Wildman–Crippen MR) is 69.7 cm³/mol. The van der Waals surface area contributed by atoms with Crippen molar-refractivity contribution in [2.24, 2.45) is 5.92 Å². The van der Waals surface area contributed by atoms with E-state index in [0.717, 1.165) is 12.5 Å². The van der Waals surface area contributed by atoms with Gasteiger partial charge >= 0.3 is 0 Å². The molecule has 1 saturated heterocycles. The Morgan fingerprint density at radius 1 is 1.19 bits per heavy atom. The van der Waals surface area contributed by atoms with Crippen molar-refractivity contribution in [1.29, 1.82) is 0 Å². The first-order valence-corrected chi connectivity index (χ1v) is 7.08. The van der Waals surface area contributed by atoms with Crippen LogP contribution in [0.5, 0.6) is 0 Å². The van der Waals surface area contributed by atoms with Crippen LogP contribution >= 0.6 is 0 Å². The maximum absolute atomic E-state index is 6.12. The first-order valence-electron chi connectivity index (χ1n) is 7.08. The molecule has 1 N–H and O–H groups in total. The summed E-state index contributed by atoms with van der Waals surface area (Å²) in [6.45, 7) is 10.00. The van der Waals surface area contributed by atoms with Gasteiger partial charge < -0.3 is 10.1 Å². The summed E-state index contributed by atoms with van der Waals surface area (Å²) in [6.07, 6.45) is 6.59. The molecule has 3 unspecified atom stereocenters. The number of hydrogen-bond donors (Lipinski definition) is 1. The molecule has 2 nitrogen and oxygen atoms in total. The summed E-state index contributed by atoms with van der Waals surface area (Å²) in [7, 11) is 0. The fraction of sp³-hybridized carbons (Fsp3) is 1.00. The highest BCUT2D eigenvalue weighted by atomic mass is 16.5. The van der Waals surface area contributed by atoms with Crippen LogP contribution in [0.3, 0.4) is 0 Å². The van der Waals surface area contributed by atoms with Gasteiger partial charge in [0.15, 0.2) is 0 Å². The molecule has 0 radical (unpaired) electrons. The maximum atomic E-state index is 6.12. The van der Waals surface area contributed by atoms with Crippen LogP contribution < -0.4 is 5.32 Å². The van der Waals surface area contributed by atoms with Crippen LogP contribution in [0, 0.1) is 5.92 Å². The molecule has 0 aromatic carbocycles. The Hall–Kier alpha value is -0.0800. The van der Waals surface area contributed by atoms with E-state index in [2.05, 4.69) is 33.0 Å². The summed E-state index contributed by atoms with van der Waals surface area (Å²) in [5.41, 5.74) is 0. The highest BCUT2D eigenvalue weighted by Crippen LogP contribution is 2.20. The first kappa shape index (κ1) is 14.0. The molecule has 1 aliphatic heterocycles. The van der Waals surface area contributed by atoms with Gasteiger partial charge in [-0.05, 0) is 32.1 Å². The van der Waals surface area contributed by atoms with E-state index in [1.165, 1.54) is 32.1 Å². The molecular weight excluding hydrogens is 198 g/mol. The summed E-state index contributed by atoms with van der Waals surface area (Å²) < 4.78 is 6.12. The number of hydrogen-bond acceptors (Lipinski definition) is 2. The van der Waals surface area contributed by atoms with Crippen molar-refractivity contribution in [1.82, 2.24) is 5.32 Å². The highest BCUT2D eigenvalue weighted by Gasteiger charge is 2.27. The Kier molecular flexibility index (Phi) is 6.37. The van der Waals surface area contributed by atoms with E-state index in [1.807, 2.05) is 0 Å². The molecule has 0 amide bonds. The van der Waals surface area contributed by atoms with E-state index >= 15 is 0 Å². The molecule has 3 atom stereocenters. The van der Waals surface area contributed by atoms with Crippen molar-refractivity contribution < 1.29 is 4.74 Å². The summed E-state index contributed by atoms with van der Waals surface area (Å²) >= 11 is 0. The average Bonchev–Trinajstić information content (AvgIpc) is 2.31. The quantitative estimate of drug-likeness (QED) is 0.751. The standard InChI is InChI=1S/C14H29NO/c1-5-12(6-2)10-16-14-9-8-11(4)15-13(14)7-3/h11-15H,5-10H2,1-4H3. The lowest BCUT2D eigenvalue weighted by Gasteiger charge is -2.36. The molecule has 96 valence electrons. The predicted octanol–water partition coefficient (Wildman–Crippen LogP) is 3.36. The third-order valence-corrected chi connectivity index (χ3v) is 3.97. The van der Waals surface area contributed by atoms with Crippen molar-refractivity contribution in [3.8, 4) is 0 Å². The highest BCUT2D eigenvalue weighted by molar-refractivity contribution is 4.85.